The molecule has 5 nitrogen and oxygen atoms in total. The number of benzene rings is 2. The molecule has 0 bridgehead atoms. The van der Waals surface area contributed by atoms with E-state index in [0.717, 1.165) is 6.07 Å². The van der Waals surface area contributed by atoms with E-state index in [2.05, 4.69) is 11.9 Å². The number of carbonyl (C=O) groups is 1. The molecule has 1 saturated heterocycles. The topological polar surface area (TPSA) is 61.8 Å². The number of methoxy groups -OCH3 is 1. The Bertz CT molecular complexity index is 986. The van der Waals surface area contributed by atoms with Gasteiger partial charge in [-0.1, -0.05) is 6.58 Å². The predicted molar refractivity (Wildman–Crippen MR) is 112 cm³/mol. The summed E-state index contributed by atoms with van der Waals surface area (Å²) in [5.74, 6) is -4.37. The molecule has 2 aromatic carbocycles. The second kappa shape index (κ2) is 9.01. The maximum Gasteiger partial charge on any atom is 0.312 e. The Morgan fingerprint density at radius 2 is 1.90 bits per heavy atom. The number of piperidine rings is 1. The molecule has 1 fully saturated rings. The van der Waals surface area contributed by atoms with E-state index in [0.29, 0.717) is 24.1 Å². The molecule has 1 aliphatic rings. The van der Waals surface area contributed by atoms with E-state index in [1.807, 2.05) is 0 Å². The van der Waals surface area contributed by atoms with Gasteiger partial charge in [0, 0.05) is 24.3 Å². The van der Waals surface area contributed by atoms with E-state index in [-0.39, 0.29) is 30.1 Å². The first kappa shape index (κ1) is 22.7. The predicted octanol–water partition coefficient (Wildman–Crippen LogP) is 4.46. The van der Waals surface area contributed by atoms with E-state index >= 15 is 8.78 Å². The van der Waals surface area contributed by atoms with Crippen molar-refractivity contribution in [3.8, 4) is 5.75 Å². The number of allylic oxidation sites excluding steroid dienone is 1. The van der Waals surface area contributed by atoms with Gasteiger partial charge in [0.25, 0.3) is 5.91 Å². The van der Waals surface area contributed by atoms with Crippen LogP contribution in [0.15, 0.2) is 48.7 Å². The lowest BCUT2D eigenvalue weighted by atomic mass is 9.99. The third-order valence-electron chi connectivity index (χ3n) is 5.43. The number of halogens is 3. The Kier molecular flexibility index (Phi) is 6.59. The van der Waals surface area contributed by atoms with Crippen molar-refractivity contribution in [3.63, 3.8) is 0 Å². The zero-order valence-electron chi connectivity index (χ0n) is 17.4. The van der Waals surface area contributed by atoms with Crippen molar-refractivity contribution >= 4 is 11.6 Å². The summed E-state index contributed by atoms with van der Waals surface area (Å²) >= 11 is 0. The molecule has 8 heteroatoms. The number of ether oxygens (including phenoxy) is 1. The van der Waals surface area contributed by atoms with E-state index in [4.69, 9.17) is 4.74 Å². The molecule has 0 aromatic heterocycles. The van der Waals surface area contributed by atoms with Crippen LogP contribution in [0.1, 0.15) is 34.3 Å². The SMILES string of the molecule is C=C(N1CCC(O)CC1)C(F)(F)c1ccc(OC)c(C(=O)Nc2ccc(F)c(C)c2)c1. The molecule has 0 spiro atoms. The number of nitrogens with one attached hydrogen (secondary N) is 1. The van der Waals surface area contributed by atoms with E-state index in [1.54, 1.807) is 6.92 Å². The molecule has 0 unspecified atom stereocenters. The van der Waals surface area contributed by atoms with Gasteiger partial charge in [0.2, 0.25) is 0 Å². The number of rotatable bonds is 6. The summed E-state index contributed by atoms with van der Waals surface area (Å²) < 4.78 is 49.1. The summed E-state index contributed by atoms with van der Waals surface area (Å²) in [4.78, 5) is 14.2. The van der Waals surface area contributed by atoms with Crippen LogP contribution in [0.3, 0.4) is 0 Å². The molecular weight excluding hydrogens is 409 g/mol. The van der Waals surface area contributed by atoms with Gasteiger partial charge in [-0.15, -0.1) is 0 Å². The first-order chi connectivity index (χ1) is 14.6. The Morgan fingerprint density at radius 1 is 1.23 bits per heavy atom. The van der Waals surface area contributed by atoms with Crippen molar-refractivity contribution in [2.75, 3.05) is 25.5 Å². The van der Waals surface area contributed by atoms with Gasteiger partial charge in [-0.05, 0) is 61.7 Å². The molecule has 2 N–H and O–H groups in total. The minimum atomic E-state index is -3.42. The van der Waals surface area contributed by atoms with Crippen LogP contribution in [0.25, 0.3) is 0 Å². The molecule has 0 aliphatic carbocycles. The summed E-state index contributed by atoms with van der Waals surface area (Å²) in [6, 6.07) is 7.63. The molecule has 1 aliphatic heterocycles. The van der Waals surface area contributed by atoms with Crippen LogP contribution in [-0.2, 0) is 5.92 Å². The maximum atomic E-state index is 15.2. The van der Waals surface area contributed by atoms with Crippen LogP contribution in [0.4, 0.5) is 18.9 Å². The number of carbonyl (C=O) groups excluding carboxylic acids is 1. The first-order valence-corrected chi connectivity index (χ1v) is 9.89. The van der Waals surface area contributed by atoms with Crippen molar-refractivity contribution in [1.82, 2.24) is 4.90 Å². The normalized spacial score (nSPS) is 15.0. The smallest absolute Gasteiger partial charge is 0.312 e. The van der Waals surface area contributed by atoms with Crippen molar-refractivity contribution in [3.05, 3.63) is 71.2 Å². The van der Waals surface area contributed by atoms with E-state index in [1.165, 1.54) is 42.3 Å². The van der Waals surface area contributed by atoms with Gasteiger partial charge in [-0.2, -0.15) is 8.78 Å². The minimum absolute atomic E-state index is 0.0801. The molecule has 1 heterocycles. The number of alkyl halides is 2. The van der Waals surface area contributed by atoms with Crippen molar-refractivity contribution in [2.45, 2.75) is 31.8 Å². The summed E-state index contributed by atoms with van der Waals surface area (Å²) in [5, 5.41) is 12.2. The highest BCUT2D eigenvalue weighted by molar-refractivity contribution is 6.06. The fourth-order valence-electron chi connectivity index (χ4n) is 3.50. The second-order valence-electron chi connectivity index (χ2n) is 7.57. The van der Waals surface area contributed by atoms with Gasteiger partial charge in [0.05, 0.1) is 24.5 Å². The molecule has 166 valence electrons. The number of aryl methyl sites for hydroxylation is 1. The molecule has 0 saturated carbocycles. The fraction of sp³-hybridized carbons (Fsp3) is 0.348. The Morgan fingerprint density at radius 3 is 2.52 bits per heavy atom. The minimum Gasteiger partial charge on any atom is -0.496 e. The Labute approximate surface area is 179 Å². The summed E-state index contributed by atoms with van der Waals surface area (Å²) in [6.07, 6.45) is 0.286. The Hall–Kier alpha value is -3.00. The van der Waals surface area contributed by atoms with Crippen LogP contribution >= 0.6 is 0 Å². The van der Waals surface area contributed by atoms with Crippen molar-refractivity contribution in [2.24, 2.45) is 0 Å². The molecule has 1 amide bonds. The monoisotopic (exact) mass is 434 g/mol. The first-order valence-electron chi connectivity index (χ1n) is 9.89. The quantitative estimate of drug-likeness (QED) is 0.705. The average Bonchev–Trinajstić information content (AvgIpc) is 2.75. The molecule has 31 heavy (non-hydrogen) atoms. The lowest BCUT2D eigenvalue weighted by molar-refractivity contribution is -0.00614. The van der Waals surface area contributed by atoms with Crippen molar-refractivity contribution in [1.29, 1.82) is 0 Å². The van der Waals surface area contributed by atoms with Gasteiger partial charge >= 0.3 is 5.92 Å². The molecular formula is C23H25F3N2O3. The number of likely N-dealkylation sites (tertiary alicyclic amines) is 1. The van der Waals surface area contributed by atoms with Crippen LogP contribution in [0.2, 0.25) is 0 Å². The standard InChI is InChI=1S/C23H25F3N2O3/c1-14-12-17(5-6-20(14)24)27-22(30)19-13-16(4-7-21(19)31-3)23(25,26)15(2)28-10-8-18(29)9-11-28/h4-7,12-13,18,29H,2,8-11H2,1,3H3,(H,27,30). The largest absolute Gasteiger partial charge is 0.496 e. The molecule has 0 radical (unpaired) electrons. The molecule has 3 rings (SSSR count). The zero-order chi connectivity index (χ0) is 22.8. The number of hydrogen-bond acceptors (Lipinski definition) is 4. The van der Waals surface area contributed by atoms with Gasteiger partial charge < -0.3 is 20.1 Å². The van der Waals surface area contributed by atoms with Gasteiger partial charge in [0.1, 0.15) is 11.6 Å². The van der Waals surface area contributed by atoms with E-state index < -0.39 is 29.3 Å². The highest BCUT2D eigenvalue weighted by Gasteiger charge is 2.40. The number of aliphatic hydroxyl groups excluding tert-OH is 1. The van der Waals surface area contributed by atoms with Gasteiger partial charge in [0.15, 0.2) is 0 Å². The number of amides is 1. The fourth-order valence-corrected chi connectivity index (χ4v) is 3.50. The second-order valence-corrected chi connectivity index (χ2v) is 7.57. The maximum absolute atomic E-state index is 15.2. The van der Waals surface area contributed by atoms with E-state index in [9.17, 15) is 14.3 Å². The lowest BCUT2D eigenvalue weighted by Gasteiger charge is -2.36. The number of nitrogens with zero attached hydrogens (tertiary/aromatic N) is 1. The average molecular weight is 434 g/mol. The number of hydrogen-bond donors (Lipinski definition) is 2. The molecule has 2 aromatic rings. The number of anilines is 1. The van der Waals surface area contributed by atoms with Gasteiger partial charge in [-0.3, -0.25) is 4.79 Å². The lowest BCUT2D eigenvalue weighted by Crippen LogP contribution is -2.39. The van der Waals surface area contributed by atoms with Crippen LogP contribution in [0, 0.1) is 12.7 Å². The Balaban J connectivity index is 1.87. The van der Waals surface area contributed by atoms with Gasteiger partial charge in [-0.25, -0.2) is 4.39 Å². The number of aliphatic hydroxyl groups is 1. The highest BCUT2D eigenvalue weighted by atomic mass is 19.3. The van der Waals surface area contributed by atoms with Crippen LogP contribution < -0.4 is 10.1 Å². The zero-order valence-corrected chi connectivity index (χ0v) is 17.4. The van der Waals surface area contributed by atoms with Crippen LogP contribution in [0.5, 0.6) is 5.75 Å². The third-order valence-corrected chi connectivity index (χ3v) is 5.43. The summed E-state index contributed by atoms with van der Waals surface area (Å²) in [7, 11) is 1.34. The van der Waals surface area contributed by atoms with Crippen molar-refractivity contribution < 1.29 is 27.8 Å². The summed E-state index contributed by atoms with van der Waals surface area (Å²) in [6.45, 7) is 5.70. The summed E-state index contributed by atoms with van der Waals surface area (Å²) in [5.41, 5.74) is -0.189. The third kappa shape index (κ3) is 4.85. The highest BCUT2D eigenvalue weighted by Crippen LogP contribution is 2.39. The van der Waals surface area contributed by atoms with Crippen LogP contribution in [-0.4, -0.2) is 42.2 Å². The molecule has 0 atom stereocenters.